The van der Waals surface area contributed by atoms with E-state index in [1.165, 1.54) is 12.8 Å². The molecule has 0 bridgehead atoms. The van der Waals surface area contributed by atoms with Crippen LogP contribution in [0.5, 0.6) is 0 Å². The summed E-state index contributed by atoms with van der Waals surface area (Å²) in [5.41, 5.74) is -0.522. The Morgan fingerprint density at radius 1 is 1.25 bits per heavy atom. The minimum absolute atomic E-state index is 0.261. The number of piperidine rings is 1. The van der Waals surface area contributed by atoms with Crippen LogP contribution in [0, 0.1) is 5.92 Å². The van der Waals surface area contributed by atoms with Crippen molar-refractivity contribution >= 4 is 5.91 Å². The van der Waals surface area contributed by atoms with Crippen LogP contribution in [-0.4, -0.2) is 47.7 Å². The molecule has 2 atom stereocenters. The second-order valence-corrected chi connectivity index (χ2v) is 7.76. The van der Waals surface area contributed by atoms with Gasteiger partial charge in [-0.1, -0.05) is 6.92 Å². The summed E-state index contributed by atoms with van der Waals surface area (Å²) in [5.74, 6) is 0.857. The number of nitrogens with zero attached hydrogens (tertiary/aromatic N) is 1. The average Bonchev–Trinajstić information content (AvgIpc) is 2.28. The van der Waals surface area contributed by atoms with E-state index in [-0.39, 0.29) is 17.1 Å². The molecule has 20 heavy (non-hydrogen) atoms. The van der Waals surface area contributed by atoms with Crippen LogP contribution >= 0.6 is 0 Å². The van der Waals surface area contributed by atoms with Crippen molar-refractivity contribution in [2.75, 3.05) is 19.6 Å². The van der Waals surface area contributed by atoms with Crippen LogP contribution in [0.25, 0.3) is 0 Å². The van der Waals surface area contributed by atoms with Crippen LogP contribution in [0.3, 0.4) is 0 Å². The molecule has 4 heteroatoms. The Balaban J connectivity index is 1.97. The van der Waals surface area contributed by atoms with Crippen LogP contribution in [0.4, 0.5) is 0 Å². The van der Waals surface area contributed by atoms with Crippen molar-refractivity contribution in [1.29, 1.82) is 0 Å². The lowest BCUT2D eigenvalue weighted by molar-refractivity contribution is -0.188. The van der Waals surface area contributed by atoms with Gasteiger partial charge in [0.15, 0.2) is 0 Å². The van der Waals surface area contributed by atoms with E-state index in [0.717, 1.165) is 6.54 Å². The molecule has 0 saturated carbocycles. The first-order valence-corrected chi connectivity index (χ1v) is 7.90. The Morgan fingerprint density at radius 3 is 2.40 bits per heavy atom. The van der Waals surface area contributed by atoms with Gasteiger partial charge in [-0.15, -0.1) is 0 Å². The maximum absolute atomic E-state index is 12.6. The van der Waals surface area contributed by atoms with Gasteiger partial charge in [0.1, 0.15) is 0 Å². The fraction of sp³-hybridized carbons (Fsp3) is 0.938. The molecule has 0 radical (unpaired) electrons. The minimum Gasteiger partial charge on any atom is -0.366 e. The number of ether oxygens (including phenoxy) is 1. The highest BCUT2D eigenvalue weighted by atomic mass is 16.5. The molecular weight excluding hydrogens is 252 g/mol. The third-order valence-electron chi connectivity index (χ3n) is 4.37. The SMILES string of the molecule is CC1CCCNC1CC(=O)N1CC(C)(C)OC(C)(C)C1. The Bertz CT molecular complexity index is 349. The number of rotatable bonds is 2. The summed E-state index contributed by atoms with van der Waals surface area (Å²) in [6, 6.07) is 0.338. The molecule has 2 saturated heterocycles. The molecule has 1 amide bonds. The predicted octanol–water partition coefficient (Wildman–Crippen LogP) is 2.18. The molecule has 0 aliphatic carbocycles. The lowest BCUT2D eigenvalue weighted by Gasteiger charge is -2.47. The summed E-state index contributed by atoms with van der Waals surface area (Å²) in [7, 11) is 0. The lowest BCUT2D eigenvalue weighted by atomic mass is 9.89. The van der Waals surface area contributed by atoms with E-state index in [1.807, 2.05) is 4.90 Å². The Hall–Kier alpha value is -0.610. The maximum atomic E-state index is 12.6. The third-order valence-corrected chi connectivity index (χ3v) is 4.37. The summed E-state index contributed by atoms with van der Waals surface area (Å²) >= 11 is 0. The summed E-state index contributed by atoms with van der Waals surface area (Å²) in [4.78, 5) is 14.6. The molecule has 2 heterocycles. The fourth-order valence-corrected chi connectivity index (χ4v) is 3.67. The zero-order valence-corrected chi connectivity index (χ0v) is 13.7. The van der Waals surface area contributed by atoms with Crippen molar-refractivity contribution in [2.45, 2.75) is 71.1 Å². The number of hydrogen-bond acceptors (Lipinski definition) is 3. The molecular formula is C16H30N2O2. The van der Waals surface area contributed by atoms with Gasteiger partial charge in [0.2, 0.25) is 5.91 Å². The van der Waals surface area contributed by atoms with E-state index < -0.39 is 0 Å². The van der Waals surface area contributed by atoms with Crippen molar-refractivity contribution in [2.24, 2.45) is 5.92 Å². The first-order chi connectivity index (χ1) is 9.19. The Kier molecular flexibility index (Phi) is 4.45. The van der Waals surface area contributed by atoms with E-state index in [0.29, 0.717) is 31.5 Å². The predicted molar refractivity (Wildman–Crippen MR) is 80.6 cm³/mol. The van der Waals surface area contributed by atoms with Gasteiger partial charge < -0.3 is 15.0 Å². The normalized spacial score (nSPS) is 33.0. The van der Waals surface area contributed by atoms with E-state index in [2.05, 4.69) is 39.9 Å². The zero-order chi connectivity index (χ0) is 15.0. The number of nitrogens with one attached hydrogen (secondary N) is 1. The second-order valence-electron chi connectivity index (χ2n) is 7.76. The summed E-state index contributed by atoms with van der Waals surface area (Å²) < 4.78 is 6.04. The van der Waals surface area contributed by atoms with Gasteiger partial charge in [0, 0.05) is 25.6 Å². The molecule has 1 N–H and O–H groups in total. The van der Waals surface area contributed by atoms with Gasteiger partial charge in [-0.05, 0) is 53.0 Å². The third kappa shape index (κ3) is 3.95. The van der Waals surface area contributed by atoms with E-state index >= 15 is 0 Å². The van der Waals surface area contributed by atoms with Crippen LogP contribution in [0.1, 0.15) is 53.9 Å². The number of hydrogen-bond donors (Lipinski definition) is 1. The van der Waals surface area contributed by atoms with Gasteiger partial charge in [-0.3, -0.25) is 4.79 Å². The number of morpholine rings is 1. The van der Waals surface area contributed by atoms with Gasteiger partial charge in [0.25, 0.3) is 0 Å². The van der Waals surface area contributed by atoms with Crippen LogP contribution < -0.4 is 5.32 Å². The molecule has 2 fully saturated rings. The van der Waals surface area contributed by atoms with Gasteiger partial charge in [-0.2, -0.15) is 0 Å². The standard InChI is InChI=1S/C16H30N2O2/c1-12-7-6-8-17-13(12)9-14(19)18-10-15(2,3)20-16(4,5)11-18/h12-13,17H,6-11H2,1-5H3. The molecule has 2 rings (SSSR count). The smallest absolute Gasteiger partial charge is 0.224 e. The van der Waals surface area contributed by atoms with Gasteiger partial charge in [-0.25, -0.2) is 0 Å². The van der Waals surface area contributed by atoms with Crippen molar-refractivity contribution in [3.8, 4) is 0 Å². The molecule has 0 aromatic heterocycles. The highest BCUT2D eigenvalue weighted by Crippen LogP contribution is 2.29. The van der Waals surface area contributed by atoms with Crippen LogP contribution in [0.15, 0.2) is 0 Å². The van der Waals surface area contributed by atoms with Crippen molar-refractivity contribution in [3.63, 3.8) is 0 Å². The Labute approximate surface area is 123 Å². The number of carbonyl (C=O) groups excluding carboxylic acids is 1. The monoisotopic (exact) mass is 282 g/mol. The zero-order valence-electron chi connectivity index (χ0n) is 13.7. The summed E-state index contributed by atoms with van der Waals surface area (Å²) in [6.07, 6.45) is 3.07. The molecule has 0 spiro atoms. The molecule has 0 aromatic rings. The van der Waals surface area contributed by atoms with E-state index in [1.54, 1.807) is 0 Å². The summed E-state index contributed by atoms with van der Waals surface area (Å²) in [5, 5.41) is 3.50. The highest BCUT2D eigenvalue weighted by molar-refractivity contribution is 5.77. The lowest BCUT2D eigenvalue weighted by Crippen LogP contribution is -2.59. The van der Waals surface area contributed by atoms with Gasteiger partial charge >= 0.3 is 0 Å². The average molecular weight is 282 g/mol. The second kappa shape index (κ2) is 5.64. The highest BCUT2D eigenvalue weighted by Gasteiger charge is 2.40. The molecule has 4 nitrogen and oxygen atoms in total. The topological polar surface area (TPSA) is 41.6 Å². The molecule has 2 aliphatic heterocycles. The summed E-state index contributed by atoms with van der Waals surface area (Å²) in [6.45, 7) is 12.9. The number of carbonyl (C=O) groups is 1. The first kappa shape index (κ1) is 15.8. The van der Waals surface area contributed by atoms with E-state index in [4.69, 9.17) is 4.74 Å². The van der Waals surface area contributed by atoms with E-state index in [9.17, 15) is 4.79 Å². The van der Waals surface area contributed by atoms with Crippen LogP contribution in [0.2, 0.25) is 0 Å². The Morgan fingerprint density at radius 2 is 1.85 bits per heavy atom. The quantitative estimate of drug-likeness (QED) is 0.844. The molecule has 2 unspecified atom stereocenters. The largest absolute Gasteiger partial charge is 0.366 e. The molecule has 116 valence electrons. The first-order valence-electron chi connectivity index (χ1n) is 7.90. The number of amides is 1. The maximum Gasteiger partial charge on any atom is 0.224 e. The van der Waals surface area contributed by atoms with Crippen molar-refractivity contribution in [1.82, 2.24) is 10.2 Å². The molecule has 2 aliphatic rings. The van der Waals surface area contributed by atoms with Crippen LogP contribution in [-0.2, 0) is 9.53 Å². The van der Waals surface area contributed by atoms with Crippen molar-refractivity contribution < 1.29 is 9.53 Å². The minimum atomic E-state index is -0.261. The fourth-order valence-electron chi connectivity index (χ4n) is 3.67. The van der Waals surface area contributed by atoms with Crippen molar-refractivity contribution in [3.05, 3.63) is 0 Å². The molecule has 0 aromatic carbocycles. The van der Waals surface area contributed by atoms with Gasteiger partial charge in [0.05, 0.1) is 11.2 Å².